The molecule has 3 heteroatoms. The molecule has 0 saturated heterocycles. The van der Waals surface area contributed by atoms with Gasteiger partial charge in [0.1, 0.15) is 0 Å². The second-order valence-electron chi connectivity index (χ2n) is 5.67. The first-order chi connectivity index (χ1) is 8.77. The molecule has 98 valence electrons. The first kappa shape index (κ1) is 13.4. The molecule has 1 aromatic heterocycles. The van der Waals surface area contributed by atoms with Crippen LogP contribution < -0.4 is 5.56 Å². The predicted molar refractivity (Wildman–Crippen MR) is 77.3 cm³/mol. The van der Waals surface area contributed by atoms with Crippen molar-refractivity contribution in [2.45, 2.75) is 33.1 Å². The fraction of sp³-hybridized carbons (Fsp3) is 0.375. The number of hydrogen-bond acceptors (Lipinski definition) is 2. The number of nitriles is 1. The smallest absolute Gasteiger partial charge is 0.255 e. The number of aromatic nitrogens is 1. The Bertz CT molecular complexity index is 761. The summed E-state index contributed by atoms with van der Waals surface area (Å²) in [6.07, 6.45) is 0. The highest BCUT2D eigenvalue weighted by Gasteiger charge is 2.25. The third kappa shape index (κ3) is 2.04. The van der Waals surface area contributed by atoms with Crippen LogP contribution in [0.2, 0.25) is 0 Å². The van der Waals surface area contributed by atoms with E-state index in [1.54, 1.807) is 25.5 Å². The zero-order valence-electron chi connectivity index (χ0n) is 12.0. The lowest BCUT2D eigenvalue weighted by Crippen LogP contribution is -2.30. The zero-order chi connectivity index (χ0) is 14.4. The molecular formula is C16H18N2O. The summed E-state index contributed by atoms with van der Waals surface area (Å²) in [6.45, 7) is 7.60. The van der Waals surface area contributed by atoms with Crippen LogP contribution in [0.15, 0.2) is 23.0 Å². The third-order valence-electron chi connectivity index (χ3n) is 3.65. The second-order valence-corrected chi connectivity index (χ2v) is 5.67. The number of benzene rings is 1. The van der Waals surface area contributed by atoms with Crippen LogP contribution in [-0.4, -0.2) is 4.57 Å². The van der Waals surface area contributed by atoms with Crippen LogP contribution in [0.25, 0.3) is 10.9 Å². The molecule has 3 nitrogen and oxygen atoms in total. The van der Waals surface area contributed by atoms with Crippen LogP contribution in [0.3, 0.4) is 0 Å². The monoisotopic (exact) mass is 254 g/mol. The molecular weight excluding hydrogens is 236 g/mol. The normalized spacial score (nSPS) is 11.6. The van der Waals surface area contributed by atoms with E-state index in [0.717, 1.165) is 22.0 Å². The minimum absolute atomic E-state index is 0.0935. The Morgan fingerprint density at radius 2 is 1.84 bits per heavy atom. The molecule has 0 unspecified atom stereocenters. The SMILES string of the molecule is Cc1cc(C)c2cc(C(C)(C)C#N)c(=O)n(C)c2c1. The lowest BCUT2D eigenvalue weighted by Gasteiger charge is -2.18. The summed E-state index contributed by atoms with van der Waals surface area (Å²) in [5.74, 6) is 0. The van der Waals surface area contributed by atoms with Crippen molar-refractivity contribution in [3.63, 3.8) is 0 Å². The molecule has 0 aliphatic carbocycles. The number of pyridine rings is 1. The molecule has 0 radical (unpaired) electrons. The fourth-order valence-electron chi connectivity index (χ4n) is 2.43. The highest BCUT2D eigenvalue weighted by Crippen LogP contribution is 2.25. The van der Waals surface area contributed by atoms with Gasteiger partial charge in [-0.15, -0.1) is 0 Å². The van der Waals surface area contributed by atoms with Crippen molar-refractivity contribution in [2.75, 3.05) is 0 Å². The number of aryl methyl sites for hydroxylation is 3. The van der Waals surface area contributed by atoms with Crippen molar-refractivity contribution >= 4 is 10.9 Å². The van der Waals surface area contributed by atoms with E-state index in [1.165, 1.54) is 0 Å². The molecule has 0 saturated carbocycles. The van der Waals surface area contributed by atoms with Gasteiger partial charge in [0.15, 0.2) is 0 Å². The standard InChI is InChI=1S/C16H18N2O/c1-10-6-11(2)12-8-13(16(3,4)9-17)15(19)18(5)14(12)7-10/h6-8H,1-5H3. The summed E-state index contributed by atoms with van der Waals surface area (Å²) < 4.78 is 1.64. The fourth-order valence-corrected chi connectivity index (χ4v) is 2.43. The molecule has 19 heavy (non-hydrogen) atoms. The van der Waals surface area contributed by atoms with E-state index < -0.39 is 5.41 Å². The quantitative estimate of drug-likeness (QED) is 0.785. The minimum Gasteiger partial charge on any atom is -0.311 e. The van der Waals surface area contributed by atoms with Crippen LogP contribution in [0.4, 0.5) is 0 Å². The van der Waals surface area contributed by atoms with Crippen molar-refractivity contribution in [3.8, 4) is 6.07 Å². The Morgan fingerprint density at radius 1 is 1.21 bits per heavy atom. The predicted octanol–water partition coefficient (Wildman–Crippen LogP) is 2.96. The van der Waals surface area contributed by atoms with E-state index in [9.17, 15) is 10.1 Å². The highest BCUT2D eigenvalue weighted by atomic mass is 16.1. The summed E-state index contributed by atoms with van der Waals surface area (Å²) in [5.41, 5.74) is 2.86. The van der Waals surface area contributed by atoms with Gasteiger partial charge in [-0.2, -0.15) is 5.26 Å². The van der Waals surface area contributed by atoms with Gasteiger partial charge in [0, 0.05) is 18.0 Å². The van der Waals surface area contributed by atoms with E-state index in [2.05, 4.69) is 12.1 Å². The van der Waals surface area contributed by atoms with Gasteiger partial charge in [-0.05, 0) is 51.0 Å². The van der Waals surface area contributed by atoms with Gasteiger partial charge in [0.2, 0.25) is 0 Å². The maximum absolute atomic E-state index is 12.4. The lowest BCUT2D eigenvalue weighted by molar-refractivity contribution is 0.664. The Kier molecular flexibility index (Phi) is 2.98. The largest absolute Gasteiger partial charge is 0.311 e. The summed E-state index contributed by atoms with van der Waals surface area (Å²) in [6, 6.07) is 8.18. The summed E-state index contributed by atoms with van der Waals surface area (Å²) in [4.78, 5) is 12.4. The molecule has 2 aromatic rings. The van der Waals surface area contributed by atoms with Crippen LogP contribution in [0.1, 0.15) is 30.5 Å². The van der Waals surface area contributed by atoms with Gasteiger partial charge >= 0.3 is 0 Å². The number of hydrogen-bond donors (Lipinski definition) is 0. The molecule has 0 aliphatic rings. The zero-order valence-corrected chi connectivity index (χ0v) is 12.0. The molecule has 1 heterocycles. The molecule has 1 aromatic carbocycles. The molecule has 0 spiro atoms. The van der Waals surface area contributed by atoms with Crippen molar-refractivity contribution in [3.05, 3.63) is 45.2 Å². The van der Waals surface area contributed by atoms with Gasteiger partial charge in [-0.25, -0.2) is 0 Å². The van der Waals surface area contributed by atoms with Crippen LogP contribution in [0, 0.1) is 25.2 Å². The molecule has 2 rings (SSSR count). The summed E-state index contributed by atoms with van der Waals surface area (Å²) in [7, 11) is 1.76. The number of rotatable bonds is 1. The molecule has 0 bridgehead atoms. The van der Waals surface area contributed by atoms with E-state index in [4.69, 9.17) is 0 Å². The summed E-state index contributed by atoms with van der Waals surface area (Å²) in [5, 5.41) is 10.3. The van der Waals surface area contributed by atoms with Crippen LogP contribution in [0.5, 0.6) is 0 Å². The molecule has 0 aliphatic heterocycles. The summed E-state index contributed by atoms with van der Waals surface area (Å²) >= 11 is 0. The maximum Gasteiger partial charge on any atom is 0.255 e. The van der Waals surface area contributed by atoms with Crippen molar-refractivity contribution in [2.24, 2.45) is 7.05 Å². The van der Waals surface area contributed by atoms with E-state index in [0.29, 0.717) is 5.56 Å². The van der Waals surface area contributed by atoms with Gasteiger partial charge in [0.25, 0.3) is 5.56 Å². The Labute approximate surface area is 113 Å². The Hall–Kier alpha value is -2.08. The number of fused-ring (bicyclic) bond motifs is 1. The van der Waals surface area contributed by atoms with Crippen LogP contribution >= 0.6 is 0 Å². The lowest BCUT2D eigenvalue weighted by atomic mass is 9.86. The van der Waals surface area contributed by atoms with E-state index >= 15 is 0 Å². The average molecular weight is 254 g/mol. The highest BCUT2D eigenvalue weighted by molar-refractivity contribution is 5.84. The van der Waals surface area contributed by atoms with Crippen molar-refractivity contribution in [1.29, 1.82) is 5.26 Å². The van der Waals surface area contributed by atoms with E-state index in [-0.39, 0.29) is 5.56 Å². The Balaban J connectivity index is 2.98. The Morgan fingerprint density at radius 3 is 2.42 bits per heavy atom. The van der Waals surface area contributed by atoms with Gasteiger partial charge in [-0.3, -0.25) is 4.79 Å². The van der Waals surface area contributed by atoms with E-state index in [1.807, 2.05) is 26.0 Å². The average Bonchev–Trinajstić information content (AvgIpc) is 2.34. The second kappa shape index (κ2) is 4.24. The van der Waals surface area contributed by atoms with Crippen LogP contribution in [-0.2, 0) is 12.5 Å². The molecule has 0 fully saturated rings. The first-order valence-electron chi connectivity index (χ1n) is 6.30. The van der Waals surface area contributed by atoms with Gasteiger partial charge in [-0.1, -0.05) is 6.07 Å². The molecule has 0 amide bonds. The first-order valence-corrected chi connectivity index (χ1v) is 6.30. The molecule has 0 atom stereocenters. The van der Waals surface area contributed by atoms with Gasteiger partial charge < -0.3 is 4.57 Å². The maximum atomic E-state index is 12.4. The molecule has 0 N–H and O–H groups in total. The van der Waals surface area contributed by atoms with Crippen molar-refractivity contribution < 1.29 is 0 Å². The van der Waals surface area contributed by atoms with Crippen molar-refractivity contribution in [1.82, 2.24) is 4.57 Å². The minimum atomic E-state index is -0.777. The topological polar surface area (TPSA) is 45.8 Å². The third-order valence-corrected chi connectivity index (χ3v) is 3.65. The van der Waals surface area contributed by atoms with Gasteiger partial charge in [0.05, 0.1) is 17.0 Å². The number of nitrogens with zero attached hydrogens (tertiary/aromatic N) is 2.